The lowest BCUT2D eigenvalue weighted by atomic mass is 10.1. The largest absolute Gasteiger partial charge is 0.548 e. The fourth-order valence-corrected chi connectivity index (χ4v) is 1.53. The van der Waals surface area contributed by atoms with Crippen LogP contribution in [0.1, 0.15) is 40.0 Å². The van der Waals surface area contributed by atoms with Gasteiger partial charge in [-0.15, -0.1) is 0 Å². The molecule has 0 bridgehead atoms. The van der Waals surface area contributed by atoms with Gasteiger partial charge in [0.2, 0.25) is 0 Å². The number of aliphatic carboxylic acids is 1. The standard InChI is InChI=1S/C13H26N2O4/c1-13(2,3)19-12(18)14-10(11(16)17)8-6-7-9-15(4)5/h10H,6-9H2,1-5H3,(H,14,18)(H,16,17)/t10-/m0/s1. The van der Waals surface area contributed by atoms with Crippen molar-refractivity contribution < 1.29 is 24.3 Å². The summed E-state index contributed by atoms with van der Waals surface area (Å²) >= 11 is 0. The smallest absolute Gasteiger partial charge is 0.408 e. The number of ether oxygens (including phenoxy) is 1. The van der Waals surface area contributed by atoms with E-state index in [1.165, 1.54) is 4.90 Å². The normalized spacial score (nSPS) is 13.2. The number of carboxylic acids is 1. The molecule has 0 aliphatic carbocycles. The van der Waals surface area contributed by atoms with Crippen LogP contribution in [0.15, 0.2) is 0 Å². The van der Waals surface area contributed by atoms with Crippen molar-refractivity contribution >= 4 is 12.1 Å². The predicted octanol–water partition coefficient (Wildman–Crippen LogP) is -1.06. The third-order valence-electron chi connectivity index (χ3n) is 2.40. The number of nitrogens with one attached hydrogen (secondary N) is 2. The van der Waals surface area contributed by atoms with Gasteiger partial charge in [0.05, 0.1) is 32.7 Å². The highest BCUT2D eigenvalue weighted by Gasteiger charge is 2.19. The first kappa shape index (κ1) is 17.7. The quantitative estimate of drug-likeness (QED) is 0.580. The summed E-state index contributed by atoms with van der Waals surface area (Å²) in [5.41, 5.74) is -0.644. The number of carboxylic acid groups (broad SMARTS) is 1. The van der Waals surface area contributed by atoms with Crippen LogP contribution in [0, 0.1) is 0 Å². The molecule has 0 radical (unpaired) electrons. The molecule has 6 nitrogen and oxygen atoms in total. The molecular weight excluding hydrogens is 248 g/mol. The Balaban J connectivity index is 4.12. The molecule has 0 aromatic heterocycles. The highest BCUT2D eigenvalue weighted by molar-refractivity contribution is 5.78. The first-order valence-electron chi connectivity index (χ1n) is 6.61. The van der Waals surface area contributed by atoms with E-state index >= 15 is 0 Å². The Bertz CT molecular complexity index is 298. The molecule has 0 aromatic carbocycles. The van der Waals surface area contributed by atoms with Gasteiger partial charge in [-0.1, -0.05) is 0 Å². The SMILES string of the molecule is C[NH+](C)CCCC[C@H](NC(=O)OC(C)(C)C)C(=O)[O-]. The van der Waals surface area contributed by atoms with Crippen molar-refractivity contribution in [3.05, 3.63) is 0 Å². The number of alkyl carbamates (subject to hydrolysis) is 1. The Morgan fingerprint density at radius 3 is 2.26 bits per heavy atom. The summed E-state index contributed by atoms with van der Waals surface area (Å²) in [6, 6.07) is -0.994. The van der Waals surface area contributed by atoms with Gasteiger partial charge in [-0.05, 0) is 40.0 Å². The van der Waals surface area contributed by atoms with Gasteiger partial charge in [-0.3, -0.25) is 0 Å². The highest BCUT2D eigenvalue weighted by Crippen LogP contribution is 2.07. The van der Waals surface area contributed by atoms with Crippen molar-refractivity contribution in [3.8, 4) is 0 Å². The summed E-state index contributed by atoms with van der Waals surface area (Å²) < 4.78 is 5.02. The molecule has 0 heterocycles. The number of hydrogen-bond acceptors (Lipinski definition) is 4. The average Bonchev–Trinajstić information content (AvgIpc) is 2.19. The van der Waals surface area contributed by atoms with Crippen LogP contribution in [0.2, 0.25) is 0 Å². The fraction of sp³-hybridized carbons (Fsp3) is 0.846. The van der Waals surface area contributed by atoms with Gasteiger partial charge in [0.15, 0.2) is 0 Å². The number of hydrogen-bond donors (Lipinski definition) is 2. The molecule has 0 unspecified atom stereocenters. The van der Waals surface area contributed by atoms with E-state index in [9.17, 15) is 14.7 Å². The topological polar surface area (TPSA) is 82.9 Å². The number of amides is 1. The van der Waals surface area contributed by atoms with Gasteiger partial charge in [0, 0.05) is 0 Å². The Morgan fingerprint density at radius 2 is 1.84 bits per heavy atom. The Hall–Kier alpha value is -1.30. The maximum absolute atomic E-state index is 11.5. The lowest BCUT2D eigenvalue weighted by Crippen LogP contribution is -3.05. The van der Waals surface area contributed by atoms with E-state index < -0.39 is 23.7 Å². The third kappa shape index (κ3) is 10.3. The van der Waals surface area contributed by atoms with Crippen molar-refractivity contribution in [1.82, 2.24) is 5.32 Å². The summed E-state index contributed by atoms with van der Waals surface area (Å²) in [7, 11) is 4.07. The number of carbonyl (C=O) groups excluding carboxylic acids is 2. The monoisotopic (exact) mass is 274 g/mol. The molecule has 0 rings (SSSR count). The first-order valence-corrected chi connectivity index (χ1v) is 6.61. The molecule has 1 atom stereocenters. The minimum atomic E-state index is -1.27. The van der Waals surface area contributed by atoms with Crippen molar-refractivity contribution in [3.63, 3.8) is 0 Å². The van der Waals surface area contributed by atoms with Crippen LogP contribution in [0.4, 0.5) is 4.79 Å². The lowest BCUT2D eigenvalue weighted by molar-refractivity contribution is -0.858. The molecule has 112 valence electrons. The van der Waals surface area contributed by atoms with Crippen LogP contribution in [-0.4, -0.2) is 44.3 Å². The summed E-state index contributed by atoms with van der Waals surface area (Å²) in [4.78, 5) is 23.7. The number of unbranched alkanes of at least 4 members (excludes halogenated alkanes) is 1. The van der Waals surface area contributed by atoms with Crippen molar-refractivity contribution in [2.75, 3.05) is 20.6 Å². The second kappa shape index (κ2) is 7.99. The van der Waals surface area contributed by atoms with Gasteiger partial charge >= 0.3 is 6.09 Å². The maximum Gasteiger partial charge on any atom is 0.408 e. The minimum Gasteiger partial charge on any atom is -0.548 e. The second-order valence-electron chi connectivity index (χ2n) is 5.97. The minimum absolute atomic E-state index is 0.356. The zero-order valence-electron chi connectivity index (χ0n) is 12.5. The van der Waals surface area contributed by atoms with E-state index in [1.807, 2.05) is 14.1 Å². The van der Waals surface area contributed by atoms with Crippen LogP contribution in [0.3, 0.4) is 0 Å². The number of carbonyl (C=O) groups is 2. The predicted molar refractivity (Wildman–Crippen MR) is 69.7 cm³/mol. The summed E-state index contributed by atoms with van der Waals surface area (Å²) in [5, 5.41) is 13.3. The molecule has 0 spiro atoms. The zero-order chi connectivity index (χ0) is 15.1. The van der Waals surface area contributed by atoms with Gasteiger partial charge in [0.25, 0.3) is 0 Å². The van der Waals surface area contributed by atoms with Crippen LogP contribution in [0.5, 0.6) is 0 Å². The van der Waals surface area contributed by atoms with Crippen molar-refractivity contribution in [2.45, 2.75) is 51.7 Å². The molecule has 0 aliphatic heterocycles. The Morgan fingerprint density at radius 1 is 1.26 bits per heavy atom. The molecule has 0 saturated heterocycles. The zero-order valence-corrected chi connectivity index (χ0v) is 12.5. The molecule has 0 fully saturated rings. The van der Waals surface area contributed by atoms with Crippen LogP contribution >= 0.6 is 0 Å². The van der Waals surface area contributed by atoms with E-state index in [-0.39, 0.29) is 0 Å². The molecule has 0 aliphatic rings. The second-order valence-corrected chi connectivity index (χ2v) is 5.97. The summed E-state index contributed by atoms with van der Waals surface area (Å²) in [5.74, 6) is -1.27. The van der Waals surface area contributed by atoms with Gasteiger partial charge in [-0.25, -0.2) is 4.79 Å². The molecule has 2 N–H and O–H groups in total. The molecule has 0 aromatic rings. The number of rotatable bonds is 7. The fourth-order valence-electron chi connectivity index (χ4n) is 1.53. The van der Waals surface area contributed by atoms with Crippen molar-refractivity contribution in [1.29, 1.82) is 0 Å². The van der Waals surface area contributed by atoms with Gasteiger partial charge in [0.1, 0.15) is 5.60 Å². The van der Waals surface area contributed by atoms with Crippen molar-refractivity contribution in [2.24, 2.45) is 0 Å². The van der Waals surface area contributed by atoms with Crippen LogP contribution in [0.25, 0.3) is 0 Å². The van der Waals surface area contributed by atoms with E-state index in [0.717, 1.165) is 19.4 Å². The third-order valence-corrected chi connectivity index (χ3v) is 2.40. The van der Waals surface area contributed by atoms with Crippen LogP contribution < -0.4 is 15.3 Å². The maximum atomic E-state index is 11.5. The van der Waals surface area contributed by atoms with Crippen LogP contribution in [-0.2, 0) is 9.53 Å². The highest BCUT2D eigenvalue weighted by atomic mass is 16.6. The molecule has 0 saturated carbocycles. The summed E-state index contributed by atoms with van der Waals surface area (Å²) in [6.45, 7) is 6.13. The van der Waals surface area contributed by atoms with Gasteiger partial charge < -0.3 is 24.9 Å². The van der Waals surface area contributed by atoms with E-state index in [4.69, 9.17) is 4.74 Å². The molecule has 19 heavy (non-hydrogen) atoms. The van der Waals surface area contributed by atoms with E-state index in [1.54, 1.807) is 20.8 Å². The average molecular weight is 274 g/mol. The molecular formula is C13H26N2O4. The molecule has 1 amide bonds. The molecule has 6 heteroatoms. The van der Waals surface area contributed by atoms with Gasteiger partial charge in [-0.2, -0.15) is 0 Å². The first-order chi connectivity index (χ1) is 8.61. The Labute approximate surface area is 115 Å². The number of quaternary nitrogens is 1. The Kier molecular flexibility index (Phi) is 7.44. The lowest BCUT2D eigenvalue weighted by Gasteiger charge is -2.24. The van der Waals surface area contributed by atoms with E-state index in [2.05, 4.69) is 5.32 Å². The van der Waals surface area contributed by atoms with E-state index in [0.29, 0.717) is 6.42 Å². The summed E-state index contributed by atoms with van der Waals surface area (Å²) in [6.07, 6.45) is 1.26.